The highest BCUT2D eigenvalue weighted by Crippen LogP contribution is 2.21. The van der Waals surface area contributed by atoms with Gasteiger partial charge in [0.05, 0.1) is 13.2 Å². The molecule has 0 amide bonds. The Labute approximate surface area is 169 Å². The number of hydrogen-bond acceptors (Lipinski definition) is 3. The summed E-state index contributed by atoms with van der Waals surface area (Å²) < 4.78 is 5.49. The number of nitrogens with one attached hydrogen (secondary N) is 1. The summed E-state index contributed by atoms with van der Waals surface area (Å²) in [4.78, 5) is 11.9. The van der Waals surface area contributed by atoms with Gasteiger partial charge in [0.2, 0.25) is 0 Å². The minimum absolute atomic E-state index is 0.00782. The zero-order valence-electron chi connectivity index (χ0n) is 18.2. The van der Waals surface area contributed by atoms with E-state index in [0.717, 1.165) is 38.1 Å². The van der Waals surface area contributed by atoms with E-state index < -0.39 is 0 Å². The van der Waals surface area contributed by atoms with Gasteiger partial charge < -0.3 is 10.1 Å². The average molecular weight is 380 g/mol. The van der Waals surface area contributed by atoms with Gasteiger partial charge in [0, 0.05) is 6.42 Å². The molecule has 0 bridgehead atoms. The molecule has 0 aromatic heterocycles. The third-order valence-corrected chi connectivity index (χ3v) is 5.18. The number of terminal acetylenes is 1. The SMILES string of the molecule is C#CCNCCCCCCCC(=O)OCCC(CCCCC)CCCCC. The van der Waals surface area contributed by atoms with Gasteiger partial charge in [-0.25, -0.2) is 0 Å². The Bertz CT molecular complexity index is 352. The Balaban J connectivity index is 3.64. The van der Waals surface area contributed by atoms with Gasteiger partial charge in [-0.15, -0.1) is 6.42 Å². The van der Waals surface area contributed by atoms with Crippen LogP contribution < -0.4 is 5.32 Å². The van der Waals surface area contributed by atoms with Gasteiger partial charge in [0.1, 0.15) is 0 Å². The average Bonchev–Trinajstić information content (AvgIpc) is 2.66. The molecule has 0 unspecified atom stereocenters. The number of unbranched alkanes of at least 4 members (excludes halogenated alkanes) is 8. The molecule has 3 heteroatoms. The lowest BCUT2D eigenvalue weighted by atomic mass is 9.92. The molecule has 0 aromatic rings. The quantitative estimate of drug-likeness (QED) is 0.154. The maximum absolute atomic E-state index is 11.9. The van der Waals surface area contributed by atoms with Crippen molar-refractivity contribution < 1.29 is 9.53 Å². The van der Waals surface area contributed by atoms with Gasteiger partial charge in [-0.05, 0) is 31.7 Å². The number of ether oxygens (including phenoxy) is 1. The van der Waals surface area contributed by atoms with E-state index in [9.17, 15) is 4.79 Å². The summed E-state index contributed by atoms with van der Waals surface area (Å²) in [6.07, 6.45) is 22.8. The fourth-order valence-corrected chi connectivity index (χ4v) is 3.42. The molecule has 0 aliphatic carbocycles. The van der Waals surface area contributed by atoms with Crippen LogP contribution >= 0.6 is 0 Å². The summed E-state index contributed by atoms with van der Waals surface area (Å²) >= 11 is 0. The third kappa shape index (κ3) is 19.6. The first-order valence-electron chi connectivity index (χ1n) is 11.5. The monoisotopic (exact) mass is 379 g/mol. The van der Waals surface area contributed by atoms with E-state index >= 15 is 0 Å². The number of esters is 1. The fourth-order valence-electron chi connectivity index (χ4n) is 3.42. The lowest BCUT2D eigenvalue weighted by molar-refractivity contribution is -0.144. The standard InChI is InChI=1S/C24H45NO2/c1-4-7-12-16-23(17-13-8-5-2)19-22-27-24(26)18-14-10-9-11-15-21-25-20-6-3/h3,23,25H,4-5,7-22H2,1-2H3. The van der Waals surface area contributed by atoms with Crippen LogP contribution in [-0.2, 0) is 9.53 Å². The molecule has 0 aliphatic rings. The summed E-state index contributed by atoms with van der Waals surface area (Å²) in [5.74, 6) is 3.30. The van der Waals surface area contributed by atoms with E-state index in [0.29, 0.717) is 19.6 Å². The van der Waals surface area contributed by atoms with Gasteiger partial charge >= 0.3 is 5.97 Å². The van der Waals surface area contributed by atoms with E-state index in [1.807, 2.05) is 0 Å². The predicted octanol–water partition coefficient (Wildman–Crippen LogP) is 6.26. The van der Waals surface area contributed by atoms with Crippen molar-refractivity contribution in [3.05, 3.63) is 0 Å². The topological polar surface area (TPSA) is 38.3 Å². The highest BCUT2D eigenvalue weighted by Gasteiger charge is 2.10. The molecule has 1 N–H and O–H groups in total. The number of hydrogen-bond donors (Lipinski definition) is 1. The Kier molecular flexibility index (Phi) is 20.5. The number of carbonyl (C=O) groups is 1. The summed E-state index contributed by atoms with van der Waals surface area (Å²) in [5.41, 5.74) is 0. The molecule has 0 spiro atoms. The van der Waals surface area contributed by atoms with Crippen LogP contribution in [0, 0.1) is 18.3 Å². The Morgan fingerprint density at radius 2 is 1.52 bits per heavy atom. The molecule has 0 heterocycles. The fraction of sp³-hybridized carbons (Fsp3) is 0.875. The molecule has 0 saturated carbocycles. The Morgan fingerprint density at radius 3 is 2.15 bits per heavy atom. The van der Waals surface area contributed by atoms with Gasteiger partial charge in [-0.1, -0.05) is 90.4 Å². The molecule has 158 valence electrons. The van der Waals surface area contributed by atoms with Crippen molar-refractivity contribution in [2.75, 3.05) is 19.7 Å². The molecule has 0 aromatic carbocycles. The van der Waals surface area contributed by atoms with Gasteiger partial charge in [0.25, 0.3) is 0 Å². The van der Waals surface area contributed by atoms with E-state index in [-0.39, 0.29) is 5.97 Å². The van der Waals surface area contributed by atoms with Crippen molar-refractivity contribution in [2.45, 2.75) is 110 Å². The van der Waals surface area contributed by atoms with Gasteiger partial charge in [-0.3, -0.25) is 4.79 Å². The maximum Gasteiger partial charge on any atom is 0.305 e. The van der Waals surface area contributed by atoms with Crippen LogP contribution in [0.1, 0.15) is 110 Å². The van der Waals surface area contributed by atoms with E-state index in [1.54, 1.807) is 0 Å². The molecule has 0 atom stereocenters. The van der Waals surface area contributed by atoms with Crippen molar-refractivity contribution in [1.82, 2.24) is 5.32 Å². The summed E-state index contributed by atoms with van der Waals surface area (Å²) in [6, 6.07) is 0. The van der Waals surface area contributed by atoms with Crippen LogP contribution in [0.15, 0.2) is 0 Å². The zero-order chi connectivity index (χ0) is 20.0. The number of rotatable bonds is 20. The first-order chi connectivity index (χ1) is 13.2. The van der Waals surface area contributed by atoms with Crippen LogP contribution in [-0.4, -0.2) is 25.7 Å². The third-order valence-electron chi connectivity index (χ3n) is 5.18. The molecule has 0 rings (SSSR count). The molecule has 0 saturated heterocycles. The van der Waals surface area contributed by atoms with Crippen LogP contribution in [0.5, 0.6) is 0 Å². The first kappa shape index (κ1) is 26.0. The summed E-state index contributed by atoms with van der Waals surface area (Å²) in [5, 5.41) is 3.20. The molecule has 0 fully saturated rings. The molecule has 0 radical (unpaired) electrons. The van der Waals surface area contributed by atoms with Crippen LogP contribution in [0.3, 0.4) is 0 Å². The Morgan fingerprint density at radius 1 is 0.889 bits per heavy atom. The largest absolute Gasteiger partial charge is 0.466 e. The molecular weight excluding hydrogens is 334 g/mol. The van der Waals surface area contributed by atoms with Crippen molar-refractivity contribution in [3.8, 4) is 12.3 Å². The van der Waals surface area contributed by atoms with E-state index in [4.69, 9.17) is 11.2 Å². The molecule has 3 nitrogen and oxygen atoms in total. The zero-order valence-corrected chi connectivity index (χ0v) is 18.2. The second kappa shape index (κ2) is 21.3. The summed E-state index contributed by atoms with van der Waals surface area (Å²) in [7, 11) is 0. The van der Waals surface area contributed by atoms with Crippen molar-refractivity contribution in [3.63, 3.8) is 0 Å². The van der Waals surface area contributed by atoms with E-state index in [1.165, 1.54) is 64.2 Å². The minimum atomic E-state index is -0.00782. The highest BCUT2D eigenvalue weighted by molar-refractivity contribution is 5.69. The first-order valence-corrected chi connectivity index (χ1v) is 11.5. The highest BCUT2D eigenvalue weighted by atomic mass is 16.5. The lowest BCUT2D eigenvalue weighted by Gasteiger charge is -2.16. The minimum Gasteiger partial charge on any atom is -0.466 e. The smallest absolute Gasteiger partial charge is 0.305 e. The molecular formula is C24H45NO2. The second-order valence-electron chi connectivity index (χ2n) is 7.77. The predicted molar refractivity (Wildman–Crippen MR) is 117 cm³/mol. The maximum atomic E-state index is 11.9. The van der Waals surface area contributed by atoms with E-state index in [2.05, 4.69) is 25.1 Å². The van der Waals surface area contributed by atoms with Crippen molar-refractivity contribution in [1.29, 1.82) is 0 Å². The second-order valence-corrected chi connectivity index (χ2v) is 7.77. The Hall–Kier alpha value is -1.01. The van der Waals surface area contributed by atoms with Crippen LogP contribution in [0.4, 0.5) is 0 Å². The lowest BCUT2D eigenvalue weighted by Crippen LogP contribution is -2.14. The van der Waals surface area contributed by atoms with Crippen molar-refractivity contribution >= 4 is 5.97 Å². The van der Waals surface area contributed by atoms with Gasteiger partial charge in [-0.2, -0.15) is 0 Å². The number of carbonyl (C=O) groups excluding carboxylic acids is 1. The van der Waals surface area contributed by atoms with Crippen LogP contribution in [0.25, 0.3) is 0 Å². The summed E-state index contributed by atoms with van der Waals surface area (Å²) in [6.45, 7) is 6.77. The van der Waals surface area contributed by atoms with Gasteiger partial charge in [0.15, 0.2) is 0 Å². The van der Waals surface area contributed by atoms with Crippen LogP contribution in [0.2, 0.25) is 0 Å². The normalized spacial score (nSPS) is 10.9. The van der Waals surface area contributed by atoms with Crippen molar-refractivity contribution in [2.24, 2.45) is 5.92 Å². The molecule has 27 heavy (non-hydrogen) atoms. The molecule has 0 aliphatic heterocycles.